The van der Waals surface area contributed by atoms with Crippen molar-refractivity contribution < 1.29 is 9.90 Å². The van der Waals surface area contributed by atoms with E-state index in [1.165, 1.54) is 0 Å². The Morgan fingerprint density at radius 3 is 2.73 bits per heavy atom. The molecule has 0 spiro atoms. The first-order chi connectivity index (χ1) is 7.15. The zero-order valence-electron chi connectivity index (χ0n) is 8.53. The zero-order chi connectivity index (χ0) is 11.3. The summed E-state index contributed by atoms with van der Waals surface area (Å²) in [6.45, 7) is 2.50. The summed E-state index contributed by atoms with van der Waals surface area (Å²) in [5, 5.41) is 12.5. The van der Waals surface area contributed by atoms with E-state index in [4.69, 9.17) is 16.7 Å². The van der Waals surface area contributed by atoms with Crippen LogP contribution in [0.25, 0.3) is 0 Å². The molecule has 0 radical (unpaired) electrons. The van der Waals surface area contributed by atoms with E-state index < -0.39 is 12.0 Å². The highest BCUT2D eigenvalue weighted by Crippen LogP contribution is 2.16. The molecule has 1 aromatic rings. The molecule has 2 N–H and O–H groups in total. The van der Waals surface area contributed by atoms with Gasteiger partial charge in [-0.05, 0) is 24.6 Å². The quantitative estimate of drug-likeness (QED) is 0.809. The number of halogens is 1. The minimum absolute atomic E-state index is 0.406. The molecule has 0 fully saturated rings. The third-order valence-corrected chi connectivity index (χ3v) is 2.50. The van der Waals surface area contributed by atoms with Crippen molar-refractivity contribution in [2.24, 2.45) is 0 Å². The lowest BCUT2D eigenvalue weighted by Crippen LogP contribution is -2.38. The Labute approximate surface area is 94.1 Å². The largest absolute Gasteiger partial charge is 0.480 e. The summed E-state index contributed by atoms with van der Waals surface area (Å²) in [6, 6.07) is 6.72. The van der Waals surface area contributed by atoms with E-state index in [-0.39, 0.29) is 0 Å². The molecule has 0 saturated heterocycles. The van der Waals surface area contributed by atoms with Crippen molar-refractivity contribution in [1.29, 1.82) is 0 Å². The third-order valence-electron chi connectivity index (χ3n) is 2.13. The molecule has 0 aliphatic rings. The summed E-state index contributed by atoms with van der Waals surface area (Å²) in [4.78, 5) is 10.9. The molecule has 0 aromatic heterocycles. The standard InChI is InChI=1S/C11H14ClNO2/c1-2-13-10(11(14)15)7-8-5-3-4-6-9(8)12/h3-6,10,13H,2,7H2,1H3,(H,14,15). The maximum absolute atomic E-state index is 10.9. The number of carbonyl (C=O) groups is 1. The van der Waals surface area contributed by atoms with E-state index in [1.807, 2.05) is 25.1 Å². The van der Waals surface area contributed by atoms with E-state index in [0.717, 1.165) is 5.56 Å². The van der Waals surface area contributed by atoms with Crippen molar-refractivity contribution in [3.8, 4) is 0 Å². The Hall–Kier alpha value is -1.06. The van der Waals surface area contributed by atoms with Gasteiger partial charge in [0.15, 0.2) is 0 Å². The minimum Gasteiger partial charge on any atom is -0.480 e. The maximum atomic E-state index is 10.9. The van der Waals surface area contributed by atoms with E-state index in [2.05, 4.69) is 5.32 Å². The van der Waals surface area contributed by atoms with Crippen LogP contribution in [-0.2, 0) is 11.2 Å². The third kappa shape index (κ3) is 3.53. The molecule has 1 rings (SSSR count). The Kier molecular flexibility index (Phi) is 4.59. The molecule has 4 heteroatoms. The second-order valence-electron chi connectivity index (χ2n) is 3.24. The monoisotopic (exact) mass is 227 g/mol. The van der Waals surface area contributed by atoms with Crippen LogP contribution in [0.4, 0.5) is 0 Å². The Morgan fingerprint density at radius 2 is 2.20 bits per heavy atom. The van der Waals surface area contributed by atoms with Crippen molar-refractivity contribution in [3.05, 3.63) is 34.9 Å². The van der Waals surface area contributed by atoms with Gasteiger partial charge < -0.3 is 10.4 Å². The number of nitrogens with one attached hydrogen (secondary N) is 1. The number of rotatable bonds is 5. The number of benzene rings is 1. The van der Waals surface area contributed by atoms with Crippen LogP contribution in [-0.4, -0.2) is 23.7 Å². The zero-order valence-corrected chi connectivity index (χ0v) is 9.29. The summed E-state index contributed by atoms with van der Waals surface area (Å²) in [7, 11) is 0. The highest BCUT2D eigenvalue weighted by Gasteiger charge is 2.17. The number of carboxylic acids is 1. The Bertz CT molecular complexity index is 341. The van der Waals surface area contributed by atoms with Crippen molar-refractivity contribution in [3.63, 3.8) is 0 Å². The van der Waals surface area contributed by atoms with Crippen molar-refractivity contribution in [2.45, 2.75) is 19.4 Å². The number of hydrogen-bond donors (Lipinski definition) is 2. The molecule has 0 amide bonds. The molecule has 3 nitrogen and oxygen atoms in total. The van der Waals surface area contributed by atoms with Crippen LogP contribution in [0.1, 0.15) is 12.5 Å². The van der Waals surface area contributed by atoms with Gasteiger partial charge in [0, 0.05) is 5.02 Å². The topological polar surface area (TPSA) is 49.3 Å². The van der Waals surface area contributed by atoms with E-state index in [0.29, 0.717) is 18.0 Å². The van der Waals surface area contributed by atoms with E-state index in [9.17, 15) is 4.79 Å². The maximum Gasteiger partial charge on any atom is 0.321 e. The molecule has 15 heavy (non-hydrogen) atoms. The van der Waals surface area contributed by atoms with Crippen LogP contribution in [0.3, 0.4) is 0 Å². The Balaban J connectivity index is 2.74. The van der Waals surface area contributed by atoms with Gasteiger partial charge in [0.2, 0.25) is 0 Å². The summed E-state index contributed by atoms with van der Waals surface area (Å²) >= 11 is 5.95. The molecule has 0 aliphatic heterocycles. The molecule has 1 aromatic carbocycles. The van der Waals surface area contributed by atoms with E-state index in [1.54, 1.807) is 6.07 Å². The molecule has 1 unspecified atom stereocenters. The predicted molar refractivity (Wildman–Crippen MR) is 60.3 cm³/mol. The lowest BCUT2D eigenvalue weighted by atomic mass is 10.1. The molecular formula is C11H14ClNO2. The fourth-order valence-electron chi connectivity index (χ4n) is 1.38. The van der Waals surface area contributed by atoms with Gasteiger partial charge in [-0.2, -0.15) is 0 Å². The van der Waals surface area contributed by atoms with Crippen LogP contribution in [0.15, 0.2) is 24.3 Å². The first-order valence-corrected chi connectivity index (χ1v) is 5.22. The smallest absolute Gasteiger partial charge is 0.321 e. The van der Waals surface area contributed by atoms with Crippen molar-refractivity contribution in [1.82, 2.24) is 5.32 Å². The lowest BCUT2D eigenvalue weighted by molar-refractivity contribution is -0.139. The van der Waals surface area contributed by atoms with Gasteiger partial charge in [0.25, 0.3) is 0 Å². The van der Waals surface area contributed by atoms with Gasteiger partial charge in [-0.15, -0.1) is 0 Å². The second-order valence-corrected chi connectivity index (χ2v) is 3.65. The molecule has 82 valence electrons. The number of carboxylic acid groups (broad SMARTS) is 1. The van der Waals surface area contributed by atoms with Crippen LogP contribution in [0, 0.1) is 0 Å². The van der Waals surface area contributed by atoms with Gasteiger partial charge in [0.05, 0.1) is 0 Å². The summed E-state index contributed by atoms with van der Waals surface area (Å²) in [5.74, 6) is -0.850. The minimum atomic E-state index is -0.850. The van der Waals surface area contributed by atoms with E-state index >= 15 is 0 Å². The van der Waals surface area contributed by atoms with Crippen LogP contribution < -0.4 is 5.32 Å². The number of hydrogen-bond acceptors (Lipinski definition) is 2. The molecule has 0 heterocycles. The number of likely N-dealkylation sites (N-methyl/N-ethyl adjacent to an activating group) is 1. The first-order valence-electron chi connectivity index (χ1n) is 4.84. The molecule has 0 bridgehead atoms. The summed E-state index contributed by atoms with van der Waals surface area (Å²) in [6.07, 6.45) is 0.406. The highest BCUT2D eigenvalue weighted by atomic mass is 35.5. The lowest BCUT2D eigenvalue weighted by Gasteiger charge is -2.13. The average Bonchev–Trinajstić information content (AvgIpc) is 2.20. The molecule has 0 saturated carbocycles. The normalized spacial score (nSPS) is 12.4. The fourth-order valence-corrected chi connectivity index (χ4v) is 1.59. The second kappa shape index (κ2) is 5.73. The van der Waals surface area contributed by atoms with Crippen LogP contribution in [0.2, 0.25) is 5.02 Å². The van der Waals surface area contributed by atoms with Gasteiger partial charge in [-0.1, -0.05) is 36.7 Å². The average molecular weight is 228 g/mol. The Morgan fingerprint density at radius 1 is 1.53 bits per heavy atom. The van der Waals surface area contributed by atoms with Gasteiger partial charge in [0.1, 0.15) is 6.04 Å². The molecule has 0 aliphatic carbocycles. The number of aliphatic carboxylic acids is 1. The van der Waals surface area contributed by atoms with Crippen LogP contribution >= 0.6 is 11.6 Å². The van der Waals surface area contributed by atoms with Crippen LogP contribution in [0.5, 0.6) is 0 Å². The molecule has 1 atom stereocenters. The van der Waals surface area contributed by atoms with Gasteiger partial charge in [-0.25, -0.2) is 0 Å². The highest BCUT2D eigenvalue weighted by molar-refractivity contribution is 6.31. The summed E-state index contributed by atoms with van der Waals surface area (Å²) in [5.41, 5.74) is 0.854. The molecular weight excluding hydrogens is 214 g/mol. The van der Waals surface area contributed by atoms with Gasteiger partial charge >= 0.3 is 5.97 Å². The van der Waals surface area contributed by atoms with Crippen molar-refractivity contribution in [2.75, 3.05) is 6.54 Å². The first kappa shape index (κ1) is 12.0. The fraction of sp³-hybridized carbons (Fsp3) is 0.364. The predicted octanol–water partition coefficient (Wildman–Crippen LogP) is 1.95. The van der Waals surface area contributed by atoms with Crippen molar-refractivity contribution >= 4 is 17.6 Å². The van der Waals surface area contributed by atoms with Gasteiger partial charge in [-0.3, -0.25) is 4.79 Å². The SMILES string of the molecule is CCNC(Cc1ccccc1Cl)C(=O)O. The summed E-state index contributed by atoms with van der Waals surface area (Å²) < 4.78 is 0.